The van der Waals surface area contributed by atoms with Crippen LogP contribution in [-0.4, -0.2) is 32.6 Å². The number of Topliss-reactive ketones (excluding diaryl/α,β-unsaturated/α-hetero) is 1. The van der Waals surface area contributed by atoms with Gasteiger partial charge in [-0.25, -0.2) is 4.79 Å². The average molecular weight is 630 g/mol. The molecule has 6 rings (SSSR count). The Morgan fingerprint density at radius 3 is 2.19 bits per heavy atom. The van der Waals surface area contributed by atoms with Gasteiger partial charge in [0.15, 0.2) is 17.3 Å². The van der Waals surface area contributed by atoms with E-state index in [4.69, 9.17) is 18.9 Å². The SMILES string of the molecule is COc1ccc([C@H]2CC(=O)C3=C(C2)NC(C)=C(C(=O)OCCc2ccccc2)[C@H]3c2ccccc2OCc2ccccc2)cc1OC. The van der Waals surface area contributed by atoms with Gasteiger partial charge in [-0.1, -0.05) is 84.9 Å². The molecule has 0 fully saturated rings. The lowest BCUT2D eigenvalue weighted by molar-refractivity contribution is -0.139. The van der Waals surface area contributed by atoms with Gasteiger partial charge in [-0.05, 0) is 54.2 Å². The first-order valence-electron chi connectivity index (χ1n) is 15.9. The van der Waals surface area contributed by atoms with Crippen molar-refractivity contribution in [2.75, 3.05) is 20.8 Å². The molecule has 0 amide bonds. The standard InChI is InChI=1S/C40H39NO6/c1-26-37(40(43)46-21-20-27-12-6-4-7-13-27)38(31-16-10-11-17-34(31)47-25-28-14-8-5-9-15-28)39-32(41-26)22-30(23-33(39)42)29-18-19-35(44-2)36(24-29)45-3/h4-19,24,30,38,41H,20-23,25H2,1-3H3/t30-,38-/m1/s1. The fraction of sp³-hybridized carbons (Fsp3) is 0.250. The third-order valence-electron chi connectivity index (χ3n) is 8.86. The minimum Gasteiger partial charge on any atom is -0.493 e. The highest BCUT2D eigenvalue weighted by Gasteiger charge is 2.42. The molecule has 2 aliphatic rings. The van der Waals surface area contributed by atoms with Crippen molar-refractivity contribution in [3.05, 3.63) is 148 Å². The molecule has 7 heteroatoms. The number of nitrogens with one attached hydrogen (secondary N) is 1. The molecule has 2 atom stereocenters. The van der Waals surface area contributed by atoms with Gasteiger partial charge in [-0.2, -0.15) is 0 Å². The minimum absolute atomic E-state index is 0.0246. The van der Waals surface area contributed by atoms with Crippen LogP contribution < -0.4 is 19.5 Å². The first kappa shape index (κ1) is 31.7. The number of rotatable bonds is 11. The summed E-state index contributed by atoms with van der Waals surface area (Å²) < 4.78 is 23.3. The van der Waals surface area contributed by atoms with E-state index < -0.39 is 11.9 Å². The number of esters is 1. The predicted molar refractivity (Wildman–Crippen MR) is 180 cm³/mol. The Morgan fingerprint density at radius 2 is 1.47 bits per heavy atom. The summed E-state index contributed by atoms with van der Waals surface area (Å²) in [6.45, 7) is 2.45. The first-order chi connectivity index (χ1) is 23.0. The molecule has 0 spiro atoms. The fourth-order valence-electron chi connectivity index (χ4n) is 6.53. The lowest BCUT2D eigenvalue weighted by Gasteiger charge is -2.37. The van der Waals surface area contributed by atoms with Crippen LogP contribution in [-0.2, 0) is 27.4 Å². The number of ether oxygens (including phenoxy) is 4. The second kappa shape index (κ2) is 14.4. The van der Waals surface area contributed by atoms with Crippen LogP contribution >= 0.6 is 0 Å². The van der Waals surface area contributed by atoms with Gasteiger partial charge in [-0.15, -0.1) is 0 Å². The molecule has 7 nitrogen and oxygen atoms in total. The number of para-hydroxylation sites is 1. The maximum atomic E-state index is 14.3. The highest BCUT2D eigenvalue weighted by Crippen LogP contribution is 2.48. The number of benzene rings is 4. The third kappa shape index (κ3) is 6.94. The van der Waals surface area contributed by atoms with E-state index in [1.807, 2.05) is 110 Å². The van der Waals surface area contributed by atoms with Crippen molar-refractivity contribution in [2.45, 2.75) is 44.6 Å². The molecule has 0 radical (unpaired) electrons. The van der Waals surface area contributed by atoms with Crippen molar-refractivity contribution in [3.8, 4) is 17.2 Å². The van der Waals surface area contributed by atoms with E-state index in [1.54, 1.807) is 14.2 Å². The summed E-state index contributed by atoms with van der Waals surface area (Å²) in [4.78, 5) is 28.2. The van der Waals surface area contributed by atoms with Gasteiger partial charge in [0.25, 0.3) is 0 Å². The smallest absolute Gasteiger partial charge is 0.336 e. The summed E-state index contributed by atoms with van der Waals surface area (Å²) in [5.74, 6) is 0.668. The zero-order chi connectivity index (χ0) is 32.8. The van der Waals surface area contributed by atoms with Crippen molar-refractivity contribution < 1.29 is 28.5 Å². The molecule has 1 heterocycles. The van der Waals surface area contributed by atoms with Gasteiger partial charge < -0.3 is 24.3 Å². The summed E-state index contributed by atoms with van der Waals surface area (Å²) in [6.07, 6.45) is 1.47. The van der Waals surface area contributed by atoms with E-state index in [1.165, 1.54) is 0 Å². The Morgan fingerprint density at radius 1 is 0.787 bits per heavy atom. The Bertz CT molecular complexity index is 1810. The maximum Gasteiger partial charge on any atom is 0.336 e. The number of methoxy groups -OCH3 is 2. The van der Waals surface area contributed by atoms with E-state index in [2.05, 4.69) is 5.32 Å². The molecule has 0 aromatic heterocycles. The van der Waals surface area contributed by atoms with Crippen LogP contribution in [0.15, 0.2) is 126 Å². The highest BCUT2D eigenvalue weighted by atomic mass is 16.5. The van der Waals surface area contributed by atoms with Gasteiger partial charge >= 0.3 is 5.97 Å². The lowest BCUT2D eigenvalue weighted by Crippen LogP contribution is -2.36. The summed E-state index contributed by atoms with van der Waals surface area (Å²) in [5.41, 5.74) is 6.32. The normalized spacial score (nSPS) is 17.5. The zero-order valence-corrected chi connectivity index (χ0v) is 27.0. The molecule has 240 valence electrons. The van der Waals surface area contributed by atoms with E-state index in [9.17, 15) is 9.59 Å². The van der Waals surface area contributed by atoms with Crippen LogP contribution in [0.3, 0.4) is 0 Å². The average Bonchev–Trinajstić information content (AvgIpc) is 3.10. The molecule has 1 N–H and O–H groups in total. The summed E-state index contributed by atoms with van der Waals surface area (Å²) in [5, 5.41) is 3.46. The molecule has 0 saturated carbocycles. The van der Waals surface area contributed by atoms with Crippen molar-refractivity contribution >= 4 is 11.8 Å². The maximum absolute atomic E-state index is 14.3. The molecular formula is C40H39NO6. The van der Waals surface area contributed by atoms with Gasteiger partial charge in [-0.3, -0.25) is 4.79 Å². The van der Waals surface area contributed by atoms with Crippen molar-refractivity contribution in [1.29, 1.82) is 0 Å². The zero-order valence-electron chi connectivity index (χ0n) is 27.0. The molecule has 1 aliphatic carbocycles. The number of carbonyl (C=O) groups is 2. The molecule has 4 aromatic carbocycles. The monoisotopic (exact) mass is 629 g/mol. The number of carbonyl (C=O) groups excluding carboxylic acids is 2. The number of hydrogen-bond donors (Lipinski definition) is 1. The van der Waals surface area contributed by atoms with Crippen LogP contribution in [0.4, 0.5) is 0 Å². The summed E-state index contributed by atoms with van der Waals surface area (Å²) in [6, 6.07) is 33.3. The van der Waals surface area contributed by atoms with Crippen LogP contribution in [0, 0.1) is 0 Å². The largest absolute Gasteiger partial charge is 0.493 e. The van der Waals surface area contributed by atoms with Gasteiger partial charge in [0.2, 0.25) is 0 Å². The van der Waals surface area contributed by atoms with Crippen LogP contribution in [0.5, 0.6) is 17.2 Å². The Labute approximate surface area is 275 Å². The predicted octanol–water partition coefficient (Wildman–Crippen LogP) is 7.43. The van der Waals surface area contributed by atoms with E-state index in [-0.39, 0.29) is 24.7 Å². The van der Waals surface area contributed by atoms with Crippen molar-refractivity contribution in [3.63, 3.8) is 0 Å². The molecule has 1 aliphatic heterocycles. The number of hydrogen-bond acceptors (Lipinski definition) is 7. The Kier molecular flexibility index (Phi) is 9.72. The highest BCUT2D eigenvalue weighted by molar-refractivity contribution is 6.04. The van der Waals surface area contributed by atoms with E-state index in [0.29, 0.717) is 53.5 Å². The quantitative estimate of drug-likeness (QED) is 0.173. The molecule has 0 unspecified atom stereocenters. The second-order valence-electron chi connectivity index (χ2n) is 11.8. The number of dihydropyridines is 1. The topological polar surface area (TPSA) is 83.1 Å². The molecule has 0 saturated heterocycles. The summed E-state index contributed by atoms with van der Waals surface area (Å²) >= 11 is 0. The van der Waals surface area contributed by atoms with Crippen LogP contribution in [0.25, 0.3) is 0 Å². The Balaban J connectivity index is 1.35. The van der Waals surface area contributed by atoms with Gasteiger partial charge in [0, 0.05) is 35.4 Å². The van der Waals surface area contributed by atoms with E-state index in [0.717, 1.165) is 28.0 Å². The van der Waals surface area contributed by atoms with Crippen LogP contribution in [0.2, 0.25) is 0 Å². The fourth-order valence-corrected chi connectivity index (χ4v) is 6.53. The van der Waals surface area contributed by atoms with Crippen LogP contribution in [0.1, 0.15) is 53.9 Å². The van der Waals surface area contributed by atoms with Crippen molar-refractivity contribution in [2.24, 2.45) is 0 Å². The second-order valence-corrected chi connectivity index (χ2v) is 11.8. The summed E-state index contributed by atoms with van der Waals surface area (Å²) in [7, 11) is 3.21. The number of allylic oxidation sites excluding steroid dienone is 3. The lowest BCUT2D eigenvalue weighted by atomic mass is 9.71. The minimum atomic E-state index is -0.652. The Hall–Kier alpha value is -5.30. The molecular weight excluding hydrogens is 590 g/mol. The third-order valence-corrected chi connectivity index (χ3v) is 8.86. The van der Waals surface area contributed by atoms with E-state index >= 15 is 0 Å². The molecule has 4 aromatic rings. The first-order valence-corrected chi connectivity index (χ1v) is 15.9. The van der Waals surface area contributed by atoms with Gasteiger partial charge in [0.05, 0.1) is 32.3 Å². The van der Waals surface area contributed by atoms with Gasteiger partial charge in [0.1, 0.15) is 12.4 Å². The number of ketones is 1. The molecule has 0 bridgehead atoms. The molecule has 47 heavy (non-hydrogen) atoms. The van der Waals surface area contributed by atoms with Crippen molar-refractivity contribution in [1.82, 2.24) is 5.32 Å².